The van der Waals surface area contributed by atoms with E-state index in [1.165, 1.54) is 74.5 Å². The molecule has 6 aromatic rings. The Kier molecular flexibility index (Phi) is 14.3. The number of ether oxygens (including phenoxy) is 5. The van der Waals surface area contributed by atoms with Crippen molar-refractivity contribution >= 4 is 23.7 Å². The lowest BCUT2D eigenvalue weighted by Crippen LogP contribution is -2.31. The quantitative estimate of drug-likeness (QED) is 0.102. The summed E-state index contributed by atoms with van der Waals surface area (Å²) in [4.78, 5) is 63.0. The molecule has 60 heavy (non-hydrogen) atoms. The van der Waals surface area contributed by atoms with E-state index in [4.69, 9.17) is 40.9 Å². The minimum atomic E-state index is -0.954. The summed E-state index contributed by atoms with van der Waals surface area (Å²) in [5, 5.41) is 0. The summed E-state index contributed by atoms with van der Waals surface area (Å²) >= 11 is 0. The summed E-state index contributed by atoms with van der Waals surface area (Å²) in [6.45, 7) is 4.85. The van der Waals surface area contributed by atoms with Crippen molar-refractivity contribution in [2.45, 2.75) is 33.0 Å². The molecule has 0 radical (unpaired) electrons. The summed E-state index contributed by atoms with van der Waals surface area (Å²) in [5.74, 6) is -1.21. The summed E-state index contributed by atoms with van der Waals surface area (Å²) in [7, 11) is 0. The molecule has 0 saturated carbocycles. The average Bonchev–Trinajstić information content (AvgIpc) is 3.23. The van der Waals surface area contributed by atoms with Gasteiger partial charge in [0.25, 0.3) is 17.7 Å². The summed E-state index contributed by atoms with van der Waals surface area (Å²) in [6, 6.07) is 27.0. The zero-order valence-electron chi connectivity index (χ0n) is 32.2. The van der Waals surface area contributed by atoms with E-state index in [0.29, 0.717) is 34.1 Å². The third-order valence-electron chi connectivity index (χ3n) is 7.85. The molecule has 3 amide bonds. The molecule has 0 aliphatic carbocycles. The molecule has 2 atom stereocenters. The van der Waals surface area contributed by atoms with Crippen LogP contribution >= 0.6 is 0 Å². The molecule has 0 saturated heterocycles. The third kappa shape index (κ3) is 12.2. The first kappa shape index (κ1) is 43.1. The van der Waals surface area contributed by atoms with Crippen LogP contribution in [0.4, 0.5) is 8.78 Å². The molecule has 0 fully saturated rings. The van der Waals surface area contributed by atoms with E-state index in [0.717, 1.165) is 0 Å². The third-order valence-corrected chi connectivity index (χ3v) is 7.85. The Morgan fingerprint density at radius 2 is 0.900 bits per heavy atom. The lowest BCUT2D eigenvalue weighted by Gasteiger charge is -2.14. The molecule has 6 rings (SSSR count). The number of amides is 3. The zero-order valence-corrected chi connectivity index (χ0v) is 32.2. The Morgan fingerprint density at radius 1 is 0.550 bits per heavy atom. The van der Waals surface area contributed by atoms with Gasteiger partial charge in [0.2, 0.25) is 11.8 Å². The van der Waals surface area contributed by atoms with Crippen molar-refractivity contribution in [3.63, 3.8) is 0 Å². The van der Waals surface area contributed by atoms with E-state index in [1.54, 1.807) is 55.5 Å². The standard InChI is InChI=1S/C22H20FN3O5.C20H17FN4O4/c1-3-29-22(28)13(2)30-19-12-18(20(24)27)25-21(26-19)14-4-8-16(9-5-14)31-17-10-6-15(23)7-11-17;1-11(18(22)26)28-17-10-16(19(23)27)24-20(25-17)12-2-6-14(7-3-12)29-15-8-4-13(21)5-9-15/h4-13H,3H2,1-2H3,(H2,24,27);2-11H,1H3,(H2,22,26)(H2,23,27)/t13-;11-/m00/s1. The maximum Gasteiger partial charge on any atom is 0.347 e. The smallest absolute Gasteiger partial charge is 0.347 e. The highest BCUT2D eigenvalue weighted by atomic mass is 19.1. The molecule has 0 bridgehead atoms. The largest absolute Gasteiger partial charge is 0.464 e. The number of benzene rings is 4. The number of aromatic nitrogens is 4. The lowest BCUT2D eigenvalue weighted by atomic mass is 10.2. The SMILES string of the molecule is CCOC(=O)[C@H](C)Oc1cc(C(N)=O)nc(-c2ccc(Oc3ccc(F)cc3)cc2)n1.C[C@H](Oc1cc(C(N)=O)nc(-c2ccc(Oc3ccc(F)cc3)cc2)n1)C(N)=O. The van der Waals surface area contributed by atoms with Gasteiger partial charge in [-0.2, -0.15) is 9.97 Å². The van der Waals surface area contributed by atoms with Crippen molar-refractivity contribution in [1.29, 1.82) is 0 Å². The van der Waals surface area contributed by atoms with E-state index >= 15 is 0 Å². The van der Waals surface area contributed by atoms with Crippen LogP contribution in [0.5, 0.6) is 34.8 Å². The van der Waals surface area contributed by atoms with Gasteiger partial charge < -0.3 is 40.9 Å². The normalized spacial score (nSPS) is 11.5. The predicted octanol–water partition coefficient (Wildman–Crippen LogP) is 5.93. The van der Waals surface area contributed by atoms with Crippen LogP contribution in [0.3, 0.4) is 0 Å². The first-order valence-electron chi connectivity index (χ1n) is 17.9. The van der Waals surface area contributed by atoms with Crippen LogP contribution < -0.4 is 36.1 Å². The number of nitrogens with zero attached hydrogens (tertiary/aromatic N) is 4. The highest BCUT2D eigenvalue weighted by Crippen LogP contribution is 2.28. The van der Waals surface area contributed by atoms with Gasteiger partial charge in [-0.1, -0.05) is 0 Å². The minimum Gasteiger partial charge on any atom is -0.464 e. The fourth-order valence-electron chi connectivity index (χ4n) is 4.83. The van der Waals surface area contributed by atoms with Crippen molar-refractivity contribution in [1.82, 2.24) is 19.9 Å². The van der Waals surface area contributed by atoms with Crippen LogP contribution in [-0.2, 0) is 14.3 Å². The minimum absolute atomic E-state index is 0.00555. The number of primary amides is 3. The fourth-order valence-corrected chi connectivity index (χ4v) is 4.83. The van der Waals surface area contributed by atoms with Gasteiger partial charge in [0.15, 0.2) is 23.9 Å². The monoisotopic (exact) mass is 821 g/mol. The molecule has 0 aliphatic heterocycles. The molecule has 0 spiro atoms. The van der Waals surface area contributed by atoms with Crippen molar-refractivity contribution in [2.75, 3.05) is 6.61 Å². The van der Waals surface area contributed by atoms with Gasteiger partial charge in [0, 0.05) is 23.3 Å². The van der Waals surface area contributed by atoms with E-state index in [2.05, 4.69) is 19.9 Å². The lowest BCUT2D eigenvalue weighted by molar-refractivity contribution is -0.150. The second kappa shape index (κ2) is 19.9. The molecule has 0 unspecified atom stereocenters. The van der Waals surface area contributed by atoms with Gasteiger partial charge in [-0.3, -0.25) is 14.4 Å². The maximum absolute atomic E-state index is 13.0. The molecule has 2 aromatic heterocycles. The number of hydrogen-bond acceptors (Lipinski definition) is 13. The Bertz CT molecular complexity index is 2460. The molecule has 6 N–H and O–H groups in total. The second-order valence-corrected chi connectivity index (χ2v) is 12.4. The summed E-state index contributed by atoms with van der Waals surface area (Å²) in [6.07, 6.45) is -1.89. The van der Waals surface area contributed by atoms with Gasteiger partial charge in [0.05, 0.1) is 6.61 Å². The predicted molar refractivity (Wildman–Crippen MR) is 211 cm³/mol. The van der Waals surface area contributed by atoms with Gasteiger partial charge in [0.1, 0.15) is 46.0 Å². The van der Waals surface area contributed by atoms with Crippen molar-refractivity contribution in [2.24, 2.45) is 17.2 Å². The highest BCUT2D eigenvalue weighted by Gasteiger charge is 2.20. The number of esters is 1. The molecule has 4 aromatic carbocycles. The van der Waals surface area contributed by atoms with Gasteiger partial charge in [-0.05, 0) is 118 Å². The van der Waals surface area contributed by atoms with Crippen molar-refractivity contribution in [3.05, 3.63) is 132 Å². The molecule has 16 nitrogen and oxygen atoms in total. The van der Waals surface area contributed by atoms with Crippen LogP contribution in [0, 0.1) is 11.6 Å². The summed E-state index contributed by atoms with van der Waals surface area (Å²) < 4.78 is 53.0. The number of carbonyl (C=O) groups excluding carboxylic acids is 4. The Balaban J connectivity index is 0.000000228. The first-order valence-corrected chi connectivity index (χ1v) is 17.9. The molecular formula is C42H37F2N7O9. The van der Waals surface area contributed by atoms with Crippen molar-refractivity contribution < 1.29 is 51.6 Å². The van der Waals surface area contributed by atoms with Crippen LogP contribution in [0.2, 0.25) is 0 Å². The second-order valence-electron chi connectivity index (χ2n) is 12.4. The average molecular weight is 822 g/mol. The highest BCUT2D eigenvalue weighted by molar-refractivity contribution is 5.92. The van der Waals surface area contributed by atoms with Gasteiger partial charge in [-0.15, -0.1) is 0 Å². The van der Waals surface area contributed by atoms with E-state index in [1.807, 2.05) is 0 Å². The Hall–Kier alpha value is -8.02. The van der Waals surface area contributed by atoms with Crippen LogP contribution in [0.1, 0.15) is 41.7 Å². The number of nitrogens with two attached hydrogens (primary N) is 3. The Labute approximate surface area is 341 Å². The molecular weight excluding hydrogens is 784 g/mol. The van der Waals surface area contributed by atoms with Crippen LogP contribution in [0.25, 0.3) is 22.8 Å². The van der Waals surface area contributed by atoms with Crippen molar-refractivity contribution in [3.8, 4) is 57.5 Å². The topological polar surface area (TPSA) is 244 Å². The molecule has 2 heterocycles. The Morgan fingerprint density at radius 3 is 1.23 bits per heavy atom. The molecule has 308 valence electrons. The zero-order chi connectivity index (χ0) is 43.3. The van der Waals surface area contributed by atoms with Gasteiger partial charge in [-0.25, -0.2) is 23.5 Å². The van der Waals surface area contributed by atoms with E-state index in [9.17, 15) is 28.0 Å². The number of halogens is 2. The number of carbonyl (C=O) groups is 4. The van der Waals surface area contributed by atoms with Crippen LogP contribution in [0.15, 0.2) is 109 Å². The van der Waals surface area contributed by atoms with E-state index in [-0.39, 0.29) is 53.0 Å². The maximum atomic E-state index is 13.0. The molecule has 0 aliphatic rings. The van der Waals surface area contributed by atoms with Gasteiger partial charge >= 0.3 is 5.97 Å². The number of hydrogen-bond donors (Lipinski definition) is 3. The van der Waals surface area contributed by atoms with Crippen LogP contribution in [-0.4, -0.2) is 62.4 Å². The summed E-state index contributed by atoms with van der Waals surface area (Å²) in [5.41, 5.74) is 16.8. The van der Waals surface area contributed by atoms with E-state index < -0.39 is 35.9 Å². The molecule has 18 heteroatoms. The number of rotatable bonds is 15. The first-order chi connectivity index (χ1) is 28.7. The fraction of sp³-hybridized carbons (Fsp3) is 0.143.